The maximum atomic E-state index is 13.4. The largest absolute Gasteiger partial charge is 0.507 e. The van der Waals surface area contributed by atoms with Gasteiger partial charge in [0, 0.05) is 12.1 Å². The molecule has 0 aliphatic carbocycles. The Kier molecular flexibility index (Phi) is 8.82. The smallest absolute Gasteiger partial charge is 0.295 e. The van der Waals surface area contributed by atoms with Gasteiger partial charge in [0.25, 0.3) is 11.7 Å². The van der Waals surface area contributed by atoms with Crippen LogP contribution in [0.4, 0.5) is 4.39 Å². The maximum Gasteiger partial charge on any atom is 0.295 e. The molecule has 6 nitrogen and oxygen atoms in total. The van der Waals surface area contributed by atoms with E-state index in [-0.39, 0.29) is 16.9 Å². The predicted molar refractivity (Wildman–Crippen MR) is 130 cm³/mol. The number of rotatable bonds is 11. The van der Waals surface area contributed by atoms with Gasteiger partial charge in [-0.2, -0.15) is 0 Å². The second-order valence-electron chi connectivity index (χ2n) is 8.30. The van der Waals surface area contributed by atoms with Crippen molar-refractivity contribution in [2.24, 2.45) is 0 Å². The molecule has 0 bridgehead atoms. The molecular weight excluding hydrogens is 435 g/mol. The van der Waals surface area contributed by atoms with Crippen molar-refractivity contribution in [3.63, 3.8) is 0 Å². The first-order valence-electron chi connectivity index (χ1n) is 11.9. The highest BCUT2D eigenvalue weighted by molar-refractivity contribution is 6.46. The molecule has 1 saturated heterocycles. The molecule has 7 heteroatoms. The van der Waals surface area contributed by atoms with Crippen LogP contribution in [-0.2, 0) is 9.59 Å². The lowest BCUT2D eigenvalue weighted by molar-refractivity contribution is -0.140. The standard InChI is InChI=1S/C27H33FN2O4/c1-4-17-34-22-10-7-9-20(18-22)24-23(25(31)19-11-13-21(28)14-12-19)26(32)27(33)30(24)16-8-15-29(5-2)6-3/h7,9-14,18,24,31H,4-6,8,15-17H2,1-3H3/b25-23+/t24-/m1/s1. The van der Waals surface area contributed by atoms with Crippen molar-refractivity contribution < 1.29 is 23.8 Å². The topological polar surface area (TPSA) is 70.1 Å². The van der Waals surface area contributed by atoms with E-state index < -0.39 is 23.5 Å². The van der Waals surface area contributed by atoms with Gasteiger partial charge in [-0.1, -0.05) is 32.9 Å². The van der Waals surface area contributed by atoms with E-state index in [4.69, 9.17) is 4.74 Å². The lowest BCUT2D eigenvalue weighted by atomic mass is 9.95. The molecule has 1 atom stereocenters. The molecule has 34 heavy (non-hydrogen) atoms. The van der Waals surface area contributed by atoms with Gasteiger partial charge in [-0.3, -0.25) is 9.59 Å². The number of hydrogen-bond donors (Lipinski definition) is 1. The number of Topliss-reactive ketones (excluding diaryl/α,β-unsaturated/α-hetero) is 1. The Morgan fingerprint density at radius 2 is 1.79 bits per heavy atom. The zero-order chi connectivity index (χ0) is 24.7. The van der Waals surface area contributed by atoms with E-state index in [1.807, 2.05) is 31.2 Å². The molecule has 1 aliphatic rings. The number of ether oxygens (including phenoxy) is 1. The third-order valence-corrected chi connectivity index (χ3v) is 6.07. The molecule has 0 aromatic heterocycles. The van der Waals surface area contributed by atoms with E-state index in [1.54, 1.807) is 0 Å². The van der Waals surface area contributed by atoms with Crippen molar-refractivity contribution >= 4 is 17.4 Å². The summed E-state index contributed by atoms with van der Waals surface area (Å²) in [5, 5.41) is 11.1. The van der Waals surface area contributed by atoms with E-state index in [0.717, 1.165) is 26.1 Å². The Morgan fingerprint density at radius 3 is 2.44 bits per heavy atom. The molecule has 0 spiro atoms. The average Bonchev–Trinajstić information content (AvgIpc) is 3.10. The van der Waals surface area contributed by atoms with Crippen LogP contribution in [0, 0.1) is 5.82 Å². The van der Waals surface area contributed by atoms with Gasteiger partial charge >= 0.3 is 0 Å². The van der Waals surface area contributed by atoms with Crippen molar-refractivity contribution in [3.8, 4) is 5.75 Å². The summed E-state index contributed by atoms with van der Waals surface area (Å²) in [5.74, 6) is -1.52. The molecule has 2 aromatic rings. The van der Waals surface area contributed by atoms with Gasteiger partial charge in [-0.15, -0.1) is 0 Å². The fourth-order valence-corrected chi connectivity index (χ4v) is 4.22. The zero-order valence-electron chi connectivity index (χ0n) is 20.1. The normalized spacial score (nSPS) is 17.6. The molecule has 0 radical (unpaired) electrons. The van der Waals surface area contributed by atoms with E-state index in [1.165, 1.54) is 29.2 Å². The number of carbonyl (C=O) groups excluding carboxylic acids is 2. The predicted octanol–water partition coefficient (Wildman–Crippen LogP) is 4.77. The van der Waals surface area contributed by atoms with Gasteiger partial charge in [0.2, 0.25) is 0 Å². The molecule has 1 amide bonds. The molecule has 0 saturated carbocycles. The number of carbonyl (C=O) groups is 2. The molecule has 1 N–H and O–H groups in total. The van der Waals surface area contributed by atoms with E-state index in [0.29, 0.717) is 30.9 Å². The molecule has 2 aromatic carbocycles. The molecule has 1 heterocycles. The second-order valence-corrected chi connectivity index (χ2v) is 8.30. The SMILES string of the molecule is CCCOc1cccc([C@@H]2/C(=C(\O)c3ccc(F)cc3)C(=O)C(=O)N2CCCN(CC)CC)c1. The molecule has 3 rings (SSSR count). The summed E-state index contributed by atoms with van der Waals surface area (Å²) < 4.78 is 19.2. The number of benzene rings is 2. The van der Waals surface area contributed by atoms with Crippen molar-refractivity contribution in [2.45, 2.75) is 39.7 Å². The number of aliphatic hydroxyl groups is 1. The molecule has 0 unspecified atom stereocenters. The summed E-state index contributed by atoms with van der Waals surface area (Å²) in [6.07, 6.45) is 1.53. The Hall–Kier alpha value is -3.19. The highest BCUT2D eigenvalue weighted by atomic mass is 19.1. The molecule has 1 aliphatic heterocycles. The number of halogens is 1. The lowest BCUT2D eigenvalue weighted by Crippen LogP contribution is -2.33. The number of amides is 1. The first-order valence-corrected chi connectivity index (χ1v) is 11.9. The third-order valence-electron chi connectivity index (χ3n) is 6.07. The van der Waals surface area contributed by atoms with Gasteiger partial charge in [0.05, 0.1) is 18.2 Å². The van der Waals surface area contributed by atoms with Gasteiger partial charge in [-0.25, -0.2) is 4.39 Å². The summed E-state index contributed by atoms with van der Waals surface area (Å²) >= 11 is 0. The van der Waals surface area contributed by atoms with Crippen LogP contribution >= 0.6 is 0 Å². The van der Waals surface area contributed by atoms with Crippen LogP contribution in [-0.4, -0.2) is 59.4 Å². The van der Waals surface area contributed by atoms with Crippen LogP contribution in [0.3, 0.4) is 0 Å². The summed E-state index contributed by atoms with van der Waals surface area (Å²) in [6.45, 7) is 9.69. The molecule has 182 valence electrons. The summed E-state index contributed by atoms with van der Waals surface area (Å²) in [6, 6.07) is 11.7. The first kappa shape index (κ1) is 25.4. The van der Waals surface area contributed by atoms with Crippen LogP contribution in [0.1, 0.15) is 50.8 Å². The Balaban J connectivity index is 2.03. The lowest BCUT2D eigenvalue weighted by Gasteiger charge is -2.27. The van der Waals surface area contributed by atoms with Crippen LogP contribution in [0.2, 0.25) is 0 Å². The van der Waals surface area contributed by atoms with E-state index >= 15 is 0 Å². The number of aliphatic hydroxyl groups excluding tert-OH is 1. The van der Waals surface area contributed by atoms with Crippen molar-refractivity contribution in [3.05, 3.63) is 71.0 Å². The monoisotopic (exact) mass is 468 g/mol. The Labute approximate surface area is 200 Å². The minimum Gasteiger partial charge on any atom is -0.507 e. The maximum absolute atomic E-state index is 13.4. The fraction of sp³-hybridized carbons (Fsp3) is 0.407. The summed E-state index contributed by atoms with van der Waals surface area (Å²) in [7, 11) is 0. The fourth-order valence-electron chi connectivity index (χ4n) is 4.22. The van der Waals surface area contributed by atoms with Crippen LogP contribution in [0.15, 0.2) is 54.1 Å². The summed E-state index contributed by atoms with van der Waals surface area (Å²) in [5.41, 5.74) is 0.970. The molecule has 1 fully saturated rings. The van der Waals surface area contributed by atoms with Gasteiger partial charge < -0.3 is 19.6 Å². The Morgan fingerprint density at radius 1 is 1.09 bits per heavy atom. The van der Waals surface area contributed by atoms with Crippen molar-refractivity contribution in [1.82, 2.24) is 9.80 Å². The van der Waals surface area contributed by atoms with Crippen LogP contribution in [0.5, 0.6) is 5.75 Å². The number of hydrogen-bond acceptors (Lipinski definition) is 5. The highest BCUT2D eigenvalue weighted by Gasteiger charge is 2.45. The van der Waals surface area contributed by atoms with Crippen molar-refractivity contribution in [1.29, 1.82) is 0 Å². The molecular formula is C27H33FN2O4. The minimum atomic E-state index is -0.757. The second kappa shape index (κ2) is 11.8. The summed E-state index contributed by atoms with van der Waals surface area (Å²) in [4.78, 5) is 30.0. The Bertz CT molecular complexity index is 1030. The number of ketones is 1. The average molecular weight is 469 g/mol. The quantitative estimate of drug-likeness (QED) is 0.292. The number of likely N-dealkylation sites (tertiary alicyclic amines) is 1. The zero-order valence-corrected chi connectivity index (χ0v) is 20.1. The number of nitrogens with zero attached hydrogens (tertiary/aromatic N) is 2. The van der Waals surface area contributed by atoms with Crippen LogP contribution < -0.4 is 4.74 Å². The highest BCUT2D eigenvalue weighted by Crippen LogP contribution is 2.40. The van der Waals surface area contributed by atoms with Gasteiger partial charge in [0.1, 0.15) is 17.3 Å². The third kappa shape index (κ3) is 5.65. The van der Waals surface area contributed by atoms with Gasteiger partial charge in [-0.05, 0) is 74.4 Å². The van der Waals surface area contributed by atoms with Crippen LogP contribution in [0.25, 0.3) is 5.76 Å². The van der Waals surface area contributed by atoms with E-state index in [2.05, 4.69) is 18.7 Å². The first-order chi connectivity index (χ1) is 16.4. The minimum absolute atomic E-state index is 0.00656. The van der Waals surface area contributed by atoms with Gasteiger partial charge in [0.15, 0.2) is 0 Å². The van der Waals surface area contributed by atoms with Crippen molar-refractivity contribution in [2.75, 3.05) is 32.8 Å². The van der Waals surface area contributed by atoms with E-state index in [9.17, 15) is 19.1 Å².